The number of anilines is 1. The number of para-hydroxylation sites is 1. The van der Waals surface area contributed by atoms with Gasteiger partial charge in [0.15, 0.2) is 0 Å². The molecule has 1 fully saturated rings. The van der Waals surface area contributed by atoms with Crippen LogP contribution in [0.15, 0.2) is 28.7 Å². The van der Waals surface area contributed by atoms with E-state index in [1.165, 1.54) is 12.1 Å². The van der Waals surface area contributed by atoms with Gasteiger partial charge in [-0.25, -0.2) is 0 Å². The summed E-state index contributed by atoms with van der Waals surface area (Å²) in [6, 6.07) is 9.14. The Labute approximate surface area is 93.0 Å². The lowest BCUT2D eigenvalue weighted by molar-refractivity contribution is 0.688. The first-order valence-corrected chi connectivity index (χ1v) is 5.81. The molecule has 2 atom stereocenters. The zero-order valence-electron chi connectivity index (χ0n) is 8.04. The van der Waals surface area contributed by atoms with Gasteiger partial charge in [-0.15, -0.1) is 0 Å². The summed E-state index contributed by atoms with van der Waals surface area (Å²) in [4.78, 5) is 0. The third kappa shape index (κ3) is 2.28. The fourth-order valence-electron chi connectivity index (χ4n) is 1.95. The lowest BCUT2D eigenvalue weighted by Gasteiger charge is -2.14. The lowest BCUT2D eigenvalue weighted by atomic mass is 10.2. The van der Waals surface area contributed by atoms with E-state index in [0.29, 0.717) is 12.1 Å². The number of nitrogens with one attached hydrogen (secondary N) is 1. The number of rotatable bonds is 2. The standard InChI is InChI=1S/C11H15BrN2/c12-10-3-1-2-4-11(10)14-9-6-5-8(13)7-9/h1-4,8-9,14H,5-7,13H2. The van der Waals surface area contributed by atoms with Gasteiger partial charge in [-0.1, -0.05) is 12.1 Å². The van der Waals surface area contributed by atoms with E-state index in [9.17, 15) is 0 Å². The molecule has 1 aromatic rings. The highest BCUT2D eigenvalue weighted by molar-refractivity contribution is 9.10. The fourth-order valence-corrected chi connectivity index (χ4v) is 2.34. The molecule has 2 unspecified atom stereocenters. The normalized spacial score (nSPS) is 26.4. The average Bonchev–Trinajstić information content (AvgIpc) is 2.56. The van der Waals surface area contributed by atoms with Gasteiger partial charge < -0.3 is 11.1 Å². The van der Waals surface area contributed by atoms with Gasteiger partial charge in [0.05, 0.1) is 0 Å². The molecular weight excluding hydrogens is 240 g/mol. The third-order valence-corrected chi connectivity index (χ3v) is 3.40. The van der Waals surface area contributed by atoms with Crippen molar-refractivity contribution in [3.05, 3.63) is 28.7 Å². The molecule has 1 aliphatic rings. The Hall–Kier alpha value is -0.540. The number of halogens is 1. The maximum atomic E-state index is 5.87. The van der Waals surface area contributed by atoms with Crippen LogP contribution >= 0.6 is 15.9 Å². The van der Waals surface area contributed by atoms with Gasteiger partial charge in [-0.2, -0.15) is 0 Å². The van der Waals surface area contributed by atoms with Gasteiger partial charge >= 0.3 is 0 Å². The van der Waals surface area contributed by atoms with Crippen molar-refractivity contribution in [2.75, 3.05) is 5.32 Å². The summed E-state index contributed by atoms with van der Waals surface area (Å²) in [6.07, 6.45) is 3.41. The average molecular weight is 255 g/mol. The first-order chi connectivity index (χ1) is 6.75. The number of nitrogens with two attached hydrogens (primary N) is 1. The zero-order valence-corrected chi connectivity index (χ0v) is 9.63. The summed E-state index contributed by atoms with van der Waals surface area (Å²) in [5, 5.41) is 3.51. The van der Waals surface area contributed by atoms with Crippen molar-refractivity contribution in [2.45, 2.75) is 31.3 Å². The van der Waals surface area contributed by atoms with Crippen molar-refractivity contribution in [1.82, 2.24) is 0 Å². The molecule has 0 radical (unpaired) electrons. The maximum Gasteiger partial charge on any atom is 0.0486 e. The SMILES string of the molecule is NC1CCC(Nc2ccccc2Br)C1. The lowest BCUT2D eigenvalue weighted by Crippen LogP contribution is -2.20. The highest BCUT2D eigenvalue weighted by Gasteiger charge is 2.21. The molecule has 0 saturated heterocycles. The van der Waals surface area contributed by atoms with E-state index in [1.54, 1.807) is 0 Å². The topological polar surface area (TPSA) is 38.0 Å². The van der Waals surface area contributed by atoms with Crippen LogP contribution in [0.5, 0.6) is 0 Å². The predicted molar refractivity (Wildman–Crippen MR) is 63.4 cm³/mol. The fraction of sp³-hybridized carbons (Fsp3) is 0.455. The molecule has 2 nitrogen and oxygen atoms in total. The van der Waals surface area contributed by atoms with E-state index < -0.39 is 0 Å². The van der Waals surface area contributed by atoms with Gasteiger partial charge in [0.2, 0.25) is 0 Å². The van der Waals surface area contributed by atoms with Crippen LogP contribution in [0.3, 0.4) is 0 Å². The molecule has 0 bridgehead atoms. The Morgan fingerprint density at radius 2 is 2.07 bits per heavy atom. The van der Waals surface area contributed by atoms with Gasteiger partial charge in [0.1, 0.15) is 0 Å². The quantitative estimate of drug-likeness (QED) is 0.852. The van der Waals surface area contributed by atoms with Crippen LogP contribution in [0.25, 0.3) is 0 Å². The monoisotopic (exact) mass is 254 g/mol. The van der Waals surface area contributed by atoms with Gasteiger partial charge in [0.25, 0.3) is 0 Å². The van der Waals surface area contributed by atoms with Crippen molar-refractivity contribution >= 4 is 21.6 Å². The van der Waals surface area contributed by atoms with Crippen LogP contribution in [0.4, 0.5) is 5.69 Å². The highest BCUT2D eigenvalue weighted by atomic mass is 79.9. The highest BCUT2D eigenvalue weighted by Crippen LogP contribution is 2.26. The van der Waals surface area contributed by atoms with Crippen LogP contribution in [0.2, 0.25) is 0 Å². The van der Waals surface area contributed by atoms with Crippen LogP contribution in [-0.4, -0.2) is 12.1 Å². The first kappa shape index (κ1) is 9.99. The molecular formula is C11H15BrN2. The number of hydrogen-bond acceptors (Lipinski definition) is 2. The van der Waals surface area contributed by atoms with E-state index in [2.05, 4.69) is 33.4 Å². The van der Waals surface area contributed by atoms with Gasteiger partial charge in [0, 0.05) is 22.2 Å². The Morgan fingerprint density at radius 3 is 2.71 bits per heavy atom. The molecule has 0 spiro atoms. The summed E-state index contributed by atoms with van der Waals surface area (Å²) in [5.41, 5.74) is 7.04. The smallest absolute Gasteiger partial charge is 0.0486 e. The largest absolute Gasteiger partial charge is 0.381 e. The molecule has 2 rings (SSSR count). The van der Waals surface area contributed by atoms with Gasteiger partial charge in [-0.3, -0.25) is 0 Å². The summed E-state index contributed by atoms with van der Waals surface area (Å²) in [5.74, 6) is 0. The summed E-state index contributed by atoms with van der Waals surface area (Å²) in [6.45, 7) is 0. The van der Waals surface area contributed by atoms with E-state index in [-0.39, 0.29) is 0 Å². The zero-order chi connectivity index (χ0) is 9.97. The van der Waals surface area contributed by atoms with E-state index in [4.69, 9.17) is 5.73 Å². The summed E-state index contributed by atoms with van der Waals surface area (Å²) >= 11 is 3.52. The summed E-state index contributed by atoms with van der Waals surface area (Å²) < 4.78 is 1.13. The Kier molecular flexibility index (Phi) is 3.08. The molecule has 76 valence electrons. The summed E-state index contributed by atoms with van der Waals surface area (Å²) in [7, 11) is 0. The van der Waals surface area contributed by atoms with Crippen molar-refractivity contribution in [2.24, 2.45) is 5.73 Å². The molecule has 0 aromatic heterocycles. The van der Waals surface area contributed by atoms with Crippen molar-refractivity contribution in [3.63, 3.8) is 0 Å². The van der Waals surface area contributed by atoms with Crippen molar-refractivity contribution < 1.29 is 0 Å². The second kappa shape index (κ2) is 4.32. The number of hydrogen-bond donors (Lipinski definition) is 2. The Bertz CT molecular complexity index is 314. The van der Waals surface area contributed by atoms with Crippen LogP contribution in [0.1, 0.15) is 19.3 Å². The molecule has 3 N–H and O–H groups in total. The van der Waals surface area contributed by atoms with Crippen LogP contribution in [0, 0.1) is 0 Å². The molecule has 0 aliphatic heterocycles. The molecule has 1 aliphatic carbocycles. The van der Waals surface area contributed by atoms with Crippen molar-refractivity contribution in [3.8, 4) is 0 Å². The molecule has 1 aromatic carbocycles. The van der Waals surface area contributed by atoms with E-state index in [0.717, 1.165) is 17.3 Å². The maximum absolute atomic E-state index is 5.87. The minimum atomic E-state index is 0.384. The molecule has 0 amide bonds. The second-order valence-corrected chi connectivity index (χ2v) is 4.75. The molecule has 14 heavy (non-hydrogen) atoms. The minimum Gasteiger partial charge on any atom is -0.381 e. The Morgan fingerprint density at radius 1 is 1.29 bits per heavy atom. The first-order valence-electron chi connectivity index (χ1n) is 5.02. The van der Waals surface area contributed by atoms with Crippen molar-refractivity contribution in [1.29, 1.82) is 0 Å². The molecule has 1 saturated carbocycles. The van der Waals surface area contributed by atoms with E-state index >= 15 is 0 Å². The minimum absolute atomic E-state index is 0.384. The van der Waals surface area contributed by atoms with Gasteiger partial charge in [-0.05, 0) is 47.3 Å². The Balaban J connectivity index is 2.01. The second-order valence-electron chi connectivity index (χ2n) is 3.89. The van der Waals surface area contributed by atoms with Crippen LogP contribution in [-0.2, 0) is 0 Å². The molecule has 3 heteroatoms. The third-order valence-electron chi connectivity index (χ3n) is 2.71. The van der Waals surface area contributed by atoms with Crippen LogP contribution < -0.4 is 11.1 Å². The van der Waals surface area contributed by atoms with E-state index in [1.807, 2.05) is 12.1 Å². The molecule has 0 heterocycles. The predicted octanol–water partition coefficient (Wildman–Crippen LogP) is 2.74. The number of benzene rings is 1.